The first kappa shape index (κ1) is 18.5. The summed E-state index contributed by atoms with van der Waals surface area (Å²) in [7, 11) is 0. The predicted molar refractivity (Wildman–Crippen MR) is 95.8 cm³/mol. The van der Waals surface area contributed by atoms with E-state index in [1.165, 1.54) is 11.1 Å². The van der Waals surface area contributed by atoms with E-state index in [9.17, 15) is 9.59 Å². The van der Waals surface area contributed by atoms with Crippen LogP contribution in [0.15, 0.2) is 24.3 Å². The lowest BCUT2D eigenvalue weighted by Crippen LogP contribution is -2.51. The number of aryl methyl sites for hydroxylation is 2. The van der Waals surface area contributed by atoms with Crippen LogP contribution >= 0.6 is 0 Å². The van der Waals surface area contributed by atoms with E-state index >= 15 is 0 Å². The van der Waals surface area contributed by atoms with Gasteiger partial charge in [0.15, 0.2) is 0 Å². The van der Waals surface area contributed by atoms with Gasteiger partial charge in [0.25, 0.3) is 0 Å². The van der Waals surface area contributed by atoms with E-state index in [1.54, 1.807) is 0 Å². The predicted octanol–water partition coefficient (Wildman–Crippen LogP) is 1.46. The molecule has 0 bridgehead atoms. The molecule has 1 fully saturated rings. The monoisotopic (exact) mass is 331 g/mol. The Labute approximate surface area is 145 Å². The summed E-state index contributed by atoms with van der Waals surface area (Å²) in [5.74, 6) is 0.278. The van der Waals surface area contributed by atoms with Gasteiger partial charge in [-0.15, -0.1) is 0 Å². The minimum Gasteiger partial charge on any atom is -0.355 e. The van der Waals surface area contributed by atoms with Gasteiger partial charge in [0.2, 0.25) is 11.8 Å². The molecular formula is C19H29N3O2. The Bertz CT molecular complexity index is 534. The highest BCUT2D eigenvalue weighted by molar-refractivity contribution is 5.78. The zero-order chi connectivity index (χ0) is 17.4. The molecule has 2 amide bonds. The van der Waals surface area contributed by atoms with Crippen molar-refractivity contribution in [2.24, 2.45) is 0 Å². The van der Waals surface area contributed by atoms with Gasteiger partial charge in [-0.3, -0.25) is 14.5 Å². The number of benzene rings is 1. The van der Waals surface area contributed by atoms with Crippen LogP contribution in [0.4, 0.5) is 0 Å². The maximum absolute atomic E-state index is 12.4. The number of nitrogens with zero attached hydrogens (tertiary/aromatic N) is 2. The lowest BCUT2D eigenvalue weighted by Gasteiger charge is -2.34. The Kier molecular flexibility index (Phi) is 7.25. The fourth-order valence-electron chi connectivity index (χ4n) is 2.96. The second kappa shape index (κ2) is 9.42. The first-order valence-electron chi connectivity index (χ1n) is 8.97. The summed E-state index contributed by atoms with van der Waals surface area (Å²) < 4.78 is 0. The van der Waals surface area contributed by atoms with Crippen molar-refractivity contribution in [3.63, 3.8) is 0 Å². The number of carbonyl (C=O) groups excluding carboxylic acids is 2. The highest BCUT2D eigenvalue weighted by Gasteiger charge is 2.21. The van der Waals surface area contributed by atoms with Crippen LogP contribution in [0.1, 0.15) is 31.4 Å². The number of hydrogen-bond acceptors (Lipinski definition) is 3. The Hall–Kier alpha value is -1.88. The maximum Gasteiger partial charge on any atom is 0.234 e. The Balaban J connectivity index is 1.71. The quantitative estimate of drug-likeness (QED) is 0.823. The Morgan fingerprint density at radius 1 is 1.00 bits per heavy atom. The van der Waals surface area contributed by atoms with Crippen LogP contribution < -0.4 is 5.32 Å². The van der Waals surface area contributed by atoms with Crippen molar-refractivity contribution in [3.8, 4) is 0 Å². The first-order chi connectivity index (χ1) is 11.6. The molecule has 0 radical (unpaired) electrons. The highest BCUT2D eigenvalue weighted by atomic mass is 16.2. The molecule has 5 nitrogen and oxygen atoms in total. The van der Waals surface area contributed by atoms with E-state index in [2.05, 4.69) is 41.4 Å². The second-order valence-corrected chi connectivity index (χ2v) is 6.28. The fourth-order valence-corrected chi connectivity index (χ4v) is 2.96. The zero-order valence-electron chi connectivity index (χ0n) is 14.9. The molecule has 1 aliphatic heterocycles. The lowest BCUT2D eigenvalue weighted by atomic mass is 10.1. The molecule has 2 rings (SSSR count). The summed E-state index contributed by atoms with van der Waals surface area (Å²) in [6, 6.07) is 8.52. The molecule has 0 aliphatic carbocycles. The summed E-state index contributed by atoms with van der Waals surface area (Å²) in [6.45, 7) is 8.13. The van der Waals surface area contributed by atoms with Gasteiger partial charge in [0.05, 0.1) is 6.54 Å². The van der Waals surface area contributed by atoms with Gasteiger partial charge < -0.3 is 10.2 Å². The van der Waals surface area contributed by atoms with Crippen LogP contribution in [-0.2, 0) is 22.4 Å². The van der Waals surface area contributed by atoms with Crippen LogP contribution in [0, 0.1) is 0 Å². The minimum absolute atomic E-state index is 0.0628. The van der Waals surface area contributed by atoms with Crippen LogP contribution in [0.25, 0.3) is 0 Å². The van der Waals surface area contributed by atoms with E-state index in [4.69, 9.17) is 0 Å². The number of rotatable bonds is 7. The van der Waals surface area contributed by atoms with Gasteiger partial charge >= 0.3 is 0 Å². The maximum atomic E-state index is 12.4. The third kappa shape index (κ3) is 5.64. The van der Waals surface area contributed by atoms with Gasteiger partial charge in [0.1, 0.15) is 0 Å². The van der Waals surface area contributed by atoms with Crippen LogP contribution in [-0.4, -0.2) is 60.9 Å². The van der Waals surface area contributed by atoms with Gasteiger partial charge in [-0.05, 0) is 30.9 Å². The molecule has 1 saturated heterocycles. The zero-order valence-corrected chi connectivity index (χ0v) is 14.9. The molecule has 1 N–H and O–H groups in total. The van der Waals surface area contributed by atoms with E-state index in [0.29, 0.717) is 32.6 Å². The average molecular weight is 331 g/mol. The van der Waals surface area contributed by atoms with Gasteiger partial charge in [-0.1, -0.05) is 31.2 Å². The first-order valence-corrected chi connectivity index (χ1v) is 8.97. The molecular weight excluding hydrogens is 302 g/mol. The smallest absolute Gasteiger partial charge is 0.234 e. The molecule has 24 heavy (non-hydrogen) atoms. The molecule has 1 aliphatic rings. The normalized spacial score (nSPS) is 15.3. The largest absolute Gasteiger partial charge is 0.355 e. The molecule has 0 atom stereocenters. The van der Waals surface area contributed by atoms with Crippen molar-refractivity contribution in [2.45, 2.75) is 33.1 Å². The summed E-state index contributed by atoms with van der Waals surface area (Å²) in [4.78, 5) is 28.0. The fraction of sp³-hybridized carbons (Fsp3) is 0.579. The van der Waals surface area contributed by atoms with E-state index in [-0.39, 0.29) is 11.8 Å². The van der Waals surface area contributed by atoms with Crippen molar-refractivity contribution >= 4 is 11.8 Å². The second-order valence-electron chi connectivity index (χ2n) is 6.28. The molecule has 0 saturated carbocycles. The number of likely N-dealkylation sites (N-methyl/N-ethyl adjacent to an activating group) is 1. The highest BCUT2D eigenvalue weighted by Crippen LogP contribution is 2.10. The molecule has 132 valence electrons. The van der Waals surface area contributed by atoms with Crippen LogP contribution in [0.5, 0.6) is 0 Å². The number of carbonyl (C=O) groups is 2. The van der Waals surface area contributed by atoms with Crippen LogP contribution in [0.2, 0.25) is 0 Å². The van der Waals surface area contributed by atoms with Gasteiger partial charge in [0, 0.05) is 39.1 Å². The van der Waals surface area contributed by atoms with Crippen molar-refractivity contribution < 1.29 is 9.59 Å². The third-order valence-corrected chi connectivity index (χ3v) is 4.52. The number of piperazine rings is 1. The van der Waals surface area contributed by atoms with Crippen molar-refractivity contribution in [1.82, 2.24) is 15.1 Å². The molecule has 0 unspecified atom stereocenters. The summed E-state index contributed by atoms with van der Waals surface area (Å²) in [5, 5.41) is 2.81. The average Bonchev–Trinajstić information content (AvgIpc) is 2.61. The van der Waals surface area contributed by atoms with Gasteiger partial charge in [-0.2, -0.15) is 0 Å². The van der Waals surface area contributed by atoms with Gasteiger partial charge in [-0.25, -0.2) is 0 Å². The number of amides is 2. The van der Waals surface area contributed by atoms with Crippen molar-refractivity contribution in [1.29, 1.82) is 0 Å². The molecule has 1 aromatic rings. The molecule has 0 aromatic heterocycles. The van der Waals surface area contributed by atoms with E-state index in [1.807, 2.05) is 11.8 Å². The lowest BCUT2D eigenvalue weighted by molar-refractivity contribution is -0.133. The van der Waals surface area contributed by atoms with E-state index < -0.39 is 0 Å². The summed E-state index contributed by atoms with van der Waals surface area (Å²) >= 11 is 0. The van der Waals surface area contributed by atoms with Crippen molar-refractivity contribution in [3.05, 3.63) is 35.4 Å². The molecule has 0 spiro atoms. The van der Waals surface area contributed by atoms with Crippen molar-refractivity contribution in [2.75, 3.05) is 39.3 Å². The topological polar surface area (TPSA) is 52.7 Å². The number of nitrogens with one attached hydrogen (secondary N) is 1. The SMILES string of the molecule is CCNC(=O)CN1CCN(C(=O)CCc2ccc(CC)cc2)CC1. The van der Waals surface area contributed by atoms with Crippen LogP contribution in [0.3, 0.4) is 0 Å². The summed E-state index contributed by atoms with van der Waals surface area (Å²) in [5.41, 5.74) is 2.55. The standard InChI is InChI=1S/C19H29N3O2/c1-3-16-5-7-17(8-6-16)9-10-19(24)22-13-11-21(12-14-22)15-18(23)20-4-2/h5-8H,3-4,9-15H2,1-2H3,(H,20,23). The third-order valence-electron chi connectivity index (χ3n) is 4.52. The number of hydrogen-bond donors (Lipinski definition) is 1. The van der Waals surface area contributed by atoms with E-state index in [0.717, 1.165) is 25.9 Å². The molecule has 1 aromatic carbocycles. The molecule has 1 heterocycles. The Morgan fingerprint density at radius 3 is 2.21 bits per heavy atom. The Morgan fingerprint density at radius 2 is 1.62 bits per heavy atom. The summed E-state index contributed by atoms with van der Waals surface area (Å²) in [6.07, 6.45) is 2.39. The minimum atomic E-state index is 0.0628. The molecule has 5 heteroatoms.